The Labute approximate surface area is 145 Å². The average Bonchev–Trinajstić information content (AvgIpc) is 2.86. The van der Waals surface area contributed by atoms with Crippen LogP contribution in [0.15, 0.2) is 41.3 Å². The molecule has 2 aromatic rings. The minimum Gasteiger partial charge on any atom is -0.482 e. The third-order valence-corrected chi connectivity index (χ3v) is 4.93. The van der Waals surface area contributed by atoms with Crippen LogP contribution in [0.1, 0.15) is 0 Å². The van der Waals surface area contributed by atoms with Crippen molar-refractivity contribution < 1.29 is 36.2 Å². The highest BCUT2D eigenvalue weighted by molar-refractivity contribution is 7.92. The summed E-state index contributed by atoms with van der Waals surface area (Å²) < 4.78 is 67.0. The van der Waals surface area contributed by atoms with Gasteiger partial charge in [0.2, 0.25) is 0 Å². The lowest BCUT2D eigenvalue weighted by Gasteiger charge is -2.18. The van der Waals surface area contributed by atoms with Crippen LogP contribution >= 0.6 is 0 Å². The van der Waals surface area contributed by atoms with Crippen LogP contribution in [0.2, 0.25) is 0 Å². The van der Waals surface area contributed by atoms with E-state index in [1.54, 1.807) is 0 Å². The molecule has 0 saturated heterocycles. The van der Waals surface area contributed by atoms with Crippen molar-refractivity contribution in [1.82, 2.24) is 0 Å². The normalized spacial score (nSPS) is 17.1. The minimum atomic E-state index is -4.05. The van der Waals surface area contributed by atoms with Crippen molar-refractivity contribution >= 4 is 27.3 Å². The molecule has 0 saturated carbocycles. The minimum absolute atomic E-state index is 0.00283. The molecule has 4 rings (SSSR count). The molecule has 2 aliphatic rings. The second-order valence-corrected chi connectivity index (χ2v) is 7.11. The van der Waals surface area contributed by atoms with E-state index in [0.717, 1.165) is 12.1 Å². The van der Waals surface area contributed by atoms with E-state index < -0.39 is 22.2 Å². The third-order valence-electron chi connectivity index (χ3n) is 3.55. The Morgan fingerprint density at radius 1 is 1.04 bits per heavy atom. The van der Waals surface area contributed by atoms with Crippen molar-refractivity contribution in [3.63, 3.8) is 0 Å². The number of benzene rings is 2. The summed E-state index contributed by atoms with van der Waals surface area (Å²) in [6.45, 7) is -0.154. The van der Waals surface area contributed by atoms with Crippen molar-refractivity contribution in [2.24, 2.45) is 0 Å². The van der Waals surface area contributed by atoms with E-state index in [4.69, 9.17) is 4.74 Å². The molecule has 2 aromatic carbocycles. The first kappa shape index (κ1) is 16.4. The molecular formula is C15H10F2N2O6S. The SMILES string of the molecule is O=C1COc2ccc(S(=O)(=O)Nc3ccc4c(c3)OC(F)(F)O4)cc2N1. The molecule has 0 bridgehead atoms. The van der Waals surface area contributed by atoms with Gasteiger partial charge in [-0.1, -0.05) is 0 Å². The van der Waals surface area contributed by atoms with Gasteiger partial charge in [0, 0.05) is 6.07 Å². The Morgan fingerprint density at radius 2 is 1.77 bits per heavy atom. The number of anilines is 2. The van der Waals surface area contributed by atoms with Gasteiger partial charge in [-0.15, -0.1) is 8.78 Å². The molecule has 0 unspecified atom stereocenters. The number of hydrogen-bond donors (Lipinski definition) is 2. The van der Waals surface area contributed by atoms with Gasteiger partial charge in [-0.3, -0.25) is 9.52 Å². The molecule has 136 valence electrons. The van der Waals surface area contributed by atoms with Gasteiger partial charge >= 0.3 is 6.29 Å². The fourth-order valence-electron chi connectivity index (χ4n) is 2.46. The summed E-state index contributed by atoms with van der Waals surface area (Å²) >= 11 is 0. The molecule has 0 spiro atoms. The summed E-state index contributed by atoms with van der Waals surface area (Å²) in [5.41, 5.74) is 0.220. The molecule has 0 atom stereocenters. The Morgan fingerprint density at radius 3 is 2.58 bits per heavy atom. The van der Waals surface area contributed by atoms with Crippen LogP contribution in [-0.2, 0) is 14.8 Å². The zero-order chi connectivity index (χ0) is 18.5. The van der Waals surface area contributed by atoms with Crippen molar-refractivity contribution in [3.8, 4) is 17.2 Å². The predicted octanol–water partition coefficient (Wildman–Crippen LogP) is 2.14. The van der Waals surface area contributed by atoms with Crippen molar-refractivity contribution in [3.05, 3.63) is 36.4 Å². The third kappa shape index (κ3) is 2.96. The molecular weight excluding hydrogens is 374 g/mol. The molecule has 0 fully saturated rings. The lowest BCUT2D eigenvalue weighted by molar-refractivity contribution is -0.286. The molecule has 2 aliphatic heterocycles. The zero-order valence-electron chi connectivity index (χ0n) is 12.8. The van der Waals surface area contributed by atoms with Gasteiger partial charge in [0.25, 0.3) is 15.9 Å². The highest BCUT2D eigenvalue weighted by atomic mass is 32.2. The molecule has 2 heterocycles. The van der Waals surface area contributed by atoms with E-state index in [1.165, 1.54) is 24.3 Å². The Kier molecular flexibility index (Phi) is 3.44. The maximum absolute atomic E-state index is 13.0. The van der Waals surface area contributed by atoms with E-state index in [-0.39, 0.29) is 34.4 Å². The Bertz CT molecular complexity index is 1020. The molecule has 11 heteroatoms. The fourth-order valence-corrected chi connectivity index (χ4v) is 3.53. The van der Waals surface area contributed by atoms with E-state index >= 15 is 0 Å². The van der Waals surface area contributed by atoms with Gasteiger partial charge in [0.15, 0.2) is 18.1 Å². The van der Waals surface area contributed by atoms with Crippen LogP contribution in [0.4, 0.5) is 20.2 Å². The first-order valence-electron chi connectivity index (χ1n) is 7.21. The van der Waals surface area contributed by atoms with Gasteiger partial charge in [0.1, 0.15) is 5.75 Å². The summed E-state index contributed by atoms with van der Waals surface area (Å²) in [4.78, 5) is 11.2. The second kappa shape index (κ2) is 5.46. The van der Waals surface area contributed by atoms with Crippen LogP contribution < -0.4 is 24.2 Å². The number of hydrogen-bond acceptors (Lipinski definition) is 6. The van der Waals surface area contributed by atoms with E-state index in [9.17, 15) is 22.0 Å². The van der Waals surface area contributed by atoms with Gasteiger partial charge in [0.05, 0.1) is 16.3 Å². The summed E-state index contributed by atoms with van der Waals surface area (Å²) in [7, 11) is -4.05. The first-order chi connectivity index (χ1) is 12.2. The maximum atomic E-state index is 13.0. The predicted molar refractivity (Wildman–Crippen MR) is 84.0 cm³/mol. The molecule has 8 nitrogen and oxygen atoms in total. The number of fused-ring (bicyclic) bond motifs is 2. The van der Waals surface area contributed by atoms with Gasteiger partial charge in [-0.05, 0) is 30.3 Å². The van der Waals surface area contributed by atoms with Crippen LogP contribution in [0, 0.1) is 0 Å². The van der Waals surface area contributed by atoms with Crippen molar-refractivity contribution in [2.45, 2.75) is 11.2 Å². The maximum Gasteiger partial charge on any atom is 0.586 e. The average molecular weight is 384 g/mol. The van der Waals surface area contributed by atoms with E-state index in [0.29, 0.717) is 5.75 Å². The number of halogens is 2. The highest BCUT2D eigenvalue weighted by Crippen LogP contribution is 2.42. The number of ether oxygens (including phenoxy) is 3. The quantitative estimate of drug-likeness (QED) is 0.841. The van der Waals surface area contributed by atoms with Gasteiger partial charge < -0.3 is 19.5 Å². The fraction of sp³-hybridized carbons (Fsp3) is 0.133. The molecule has 0 radical (unpaired) electrons. The lowest BCUT2D eigenvalue weighted by atomic mass is 10.2. The molecule has 0 aromatic heterocycles. The van der Waals surface area contributed by atoms with E-state index in [2.05, 4.69) is 19.5 Å². The summed E-state index contributed by atoms with van der Waals surface area (Å²) in [6, 6.07) is 7.43. The number of rotatable bonds is 3. The van der Waals surface area contributed by atoms with Gasteiger partial charge in [-0.2, -0.15) is 0 Å². The van der Waals surface area contributed by atoms with Crippen LogP contribution in [0.3, 0.4) is 0 Å². The zero-order valence-corrected chi connectivity index (χ0v) is 13.6. The smallest absolute Gasteiger partial charge is 0.482 e. The number of carbonyl (C=O) groups excluding carboxylic acids is 1. The summed E-state index contributed by atoms with van der Waals surface area (Å²) in [6.07, 6.45) is -3.80. The van der Waals surface area contributed by atoms with Crippen LogP contribution in [0.25, 0.3) is 0 Å². The second-order valence-electron chi connectivity index (χ2n) is 5.43. The topological polar surface area (TPSA) is 103 Å². The van der Waals surface area contributed by atoms with Crippen molar-refractivity contribution in [2.75, 3.05) is 16.6 Å². The molecule has 26 heavy (non-hydrogen) atoms. The molecule has 0 aliphatic carbocycles. The highest BCUT2D eigenvalue weighted by Gasteiger charge is 2.43. The van der Waals surface area contributed by atoms with Gasteiger partial charge in [-0.25, -0.2) is 8.42 Å². The van der Waals surface area contributed by atoms with Crippen molar-refractivity contribution in [1.29, 1.82) is 0 Å². The van der Waals surface area contributed by atoms with Crippen LogP contribution in [-0.4, -0.2) is 27.2 Å². The first-order valence-corrected chi connectivity index (χ1v) is 8.70. The summed E-state index contributed by atoms with van der Waals surface area (Å²) in [5.74, 6) is -0.557. The lowest BCUT2D eigenvalue weighted by Crippen LogP contribution is -2.26. The number of amides is 1. The molecule has 1 amide bonds. The number of nitrogens with one attached hydrogen (secondary N) is 2. The monoisotopic (exact) mass is 384 g/mol. The number of sulfonamides is 1. The molecule has 2 N–H and O–H groups in total. The summed E-state index contributed by atoms with van der Waals surface area (Å²) in [5, 5.41) is 2.50. The van der Waals surface area contributed by atoms with E-state index in [1.807, 2.05) is 0 Å². The Balaban J connectivity index is 1.61. The van der Waals surface area contributed by atoms with Crippen LogP contribution in [0.5, 0.6) is 17.2 Å². The standard InChI is InChI=1S/C15H10F2N2O6S/c16-15(17)24-12-3-1-8(5-13(12)25-15)19-26(21,22)9-2-4-11-10(6-9)18-14(20)7-23-11/h1-6,19H,7H2,(H,18,20). The number of alkyl halides is 2. The largest absolute Gasteiger partial charge is 0.586 e. The Hall–Kier alpha value is -3.08. The number of carbonyl (C=O) groups is 1.